The third-order valence-electron chi connectivity index (χ3n) is 2.41. The van der Waals surface area contributed by atoms with E-state index < -0.39 is 6.10 Å². The summed E-state index contributed by atoms with van der Waals surface area (Å²) in [4.78, 5) is 11.8. The Labute approximate surface area is 109 Å². The van der Waals surface area contributed by atoms with Crippen LogP contribution in [-0.2, 0) is 0 Å². The summed E-state index contributed by atoms with van der Waals surface area (Å²) in [6.07, 6.45) is 0.178. The Morgan fingerprint density at radius 2 is 2.25 bits per heavy atom. The first-order valence-electron chi connectivity index (χ1n) is 5.27. The van der Waals surface area contributed by atoms with E-state index in [1.807, 2.05) is 26.0 Å². The van der Waals surface area contributed by atoms with Crippen molar-refractivity contribution in [2.24, 2.45) is 0 Å². The third kappa shape index (κ3) is 3.45. The Hall–Kier alpha value is -0.620. The van der Waals surface area contributed by atoms with Gasteiger partial charge in [0.25, 0.3) is 5.91 Å². The van der Waals surface area contributed by atoms with Crippen molar-refractivity contribution in [3.63, 3.8) is 0 Å². The fourth-order valence-electron chi connectivity index (χ4n) is 1.27. The average molecular weight is 333 g/mol. The molecule has 0 aliphatic rings. The van der Waals surface area contributed by atoms with E-state index >= 15 is 0 Å². The standard InChI is InChI=1S/C12H16INO2/c1-3-9(15)7-14-12(16)10-6-4-5-8(2)11(10)13/h4-6,9,15H,3,7H2,1-2H3,(H,14,16). The minimum atomic E-state index is -0.466. The first kappa shape index (κ1) is 13.4. The zero-order valence-electron chi connectivity index (χ0n) is 9.46. The summed E-state index contributed by atoms with van der Waals surface area (Å²) in [5, 5.41) is 12.1. The second-order valence-electron chi connectivity index (χ2n) is 3.71. The Morgan fingerprint density at radius 1 is 1.56 bits per heavy atom. The average Bonchev–Trinajstić information content (AvgIpc) is 2.29. The van der Waals surface area contributed by atoms with Gasteiger partial charge in [-0.25, -0.2) is 0 Å². The summed E-state index contributed by atoms with van der Waals surface area (Å²) in [5.41, 5.74) is 1.76. The molecule has 0 radical (unpaired) electrons. The molecule has 16 heavy (non-hydrogen) atoms. The molecule has 0 spiro atoms. The summed E-state index contributed by atoms with van der Waals surface area (Å²) in [7, 11) is 0. The predicted molar refractivity (Wildman–Crippen MR) is 72.5 cm³/mol. The fraction of sp³-hybridized carbons (Fsp3) is 0.417. The van der Waals surface area contributed by atoms with E-state index in [0.717, 1.165) is 9.13 Å². The Bertz CT molecular complexity index is 379. The zero-order valence-corrected chi connectivity index (χ0v) is 11.6. The summed E-state index contributed by atoms with van der Waals surface area (Å²) < 4.78 is 0.962. The fourth-order valence-corrected chi connectivity index (χ4v) is 1.88. The second-order valence-corrected chi connectivity index (χ2v) is 4.79. The molecular formula is C12H16INO2. The molecule has 1 aromatic carbocycles. The minimum Gasteiger partial charge on any atom is -0.391 e. The van der Waals surface area contributed by atoms with Gasteiger partial charge in [0.15, 0.2) is 0 Å². The summed E-state index contributed by atoms with van der Waals surface area (Å²) >= 11 is 2.16. The van der Waals surface area contributed by atoms with Gasteiger partial charge in [-0.3, -0.25) is 4.79 Å². The maximum absolute atomic E-state index is 11.8. The lowest BCUT2D eigenvalue weighted by Gasteiger charge is -2.11. The van der Waals surface area contributed by atoms with Crippen molar-refractivity contribution < 1.29 is 9.90 Å². The van der Waals surface area contributed by atoms with E-state index in [1.54, 1.807) is 6.07 Å². The molecule has 0 aromatic heterocycles. The molecule has 1 atom stereocenters. The number of aliphatic hydroxyl groups is 1. The molecule has 88 valence electrons. The van der Waals surface area contributed by atoms with Gasteiger partial charge >= 0.3 is 0 Å². The van der Waals surface area contributed by atoms with E-state index in [4.69, 9.17) is 0 Å². The van der Waals surface area contributed by atoms with Gasteiger partial charge in [0.1, 0.15) is 0 Å². The van der Waals surface area contributed by atoms with Crippen molar-refractivity contribution in [3.8, 4) is 0 Å². The molecule has 1 amide bonds. The number of hydrogen-bond donors (Lipinski definition) is 2. The van der Waals surface area contributed by atoms with Crippen LogP contribution >= 0.6 is 22.6 Å². The van der Waals surface area contributed by atoms with Crippen LogP contribution < -0.4 is 5.32 Å². The molecule has 1 rings (SSSR count). The van der Waals surface area contributed by atoms with Gasteiger partial charge in [-0.1, -0.05) is 19.1 Å². The highest BCUT2D eigenvalue weighted by atomic mass is 127. The smallest absolute Gasteiger partial charge is 0.252 e. The molecule has 4 heteroatoms. The highest BCUT2D eigenvalue weighted by Gasteiger charge is 2.11. The zero-order chi connectivity index (χ0) is 12.1. The topological polar surface area (TPSA) is 49.3 Å². The molecule has 0 fully saturated rings. The number of carbonyl (C=O) groups is 1. The first-order chi connectivity index (χ1) is 7.56. The molecule has 3 nitrogen and oxygen atoms in total. The van der Waals surface area contributed by atoms with Crippen molar-refractivity contribution in [2.75, 3.05) is 6.54 Å². The van der Waals surface area contributed by atoms with E-state index in [9.17, 15) is 9.90 Å². The van der Waals surface area contributed by atoms with E-state index in [2.05, 4.69) is 27.9 Å². The number of hydrogen-bond acceptors (Lipinski definition) is 2. The lowest BCUT2D eigenvalue weighted by molar-refractivity contribution is 0.0913. The van der Waals surface area contributed by atoms with Gasteiger partial charge in [-0.05, 0) is 47.6 Å². The van der Waals surface area contributed by atoms with Gasteiger partial charge in [-0.2, -0.15) is 0 Å². The van der Waals surface area contributed by atoms with Crippen LogP contribution in [0.2, 0.25) is 0 Å². The van der Waals surface area contributed by atoms with Crippen LogP contribution in [0.1, 0.15) is 29.3 Å². The SMILES string of the molecule is CCC(O)CNC(=O)c1cccc(C)c1I. The number of rotatable bonds is 4. The predicted octanol–water partition coefficient (Wildman–Crippen LogP) is 2.10. The quantitative estimate of drug-likeness (QED) is 0.829. The van der Waals surface area contributed by atoms with Gasteiger partial charge in [-0.15, -0.1) is 0 Å². The van der Waals surface area contributed by atoms with Gasteiger partial charge in [0.05, 0.1) is 11.7 Å². The number of halogens is 1. The summed E-state index contributed by atoms with van der Waals surface area (Å²) in [6.45, 7) is 4.16. The Balaban J connectivity index is 2.70. The van der Waals surface area contributed by atoms with Crippen molar-refractivity contribution in [1.82, 2.24) is 5.32 Å². The lowest BCUT2D eigenvalue weighted by atomic mass is 10.1. The highest BCUT2D eigenvalue weighted by Crippen LogP contribution is 2.16. The highest BCUT2D eigenvalue weighted by molar-refractivity contribution is 14.1. The number of aliphatic hydroxyl groups excluding tert-OH is 1. The molecule has 0 aliphatic carbocycles. The summed E-state index contributed by atoms with van der Waals surface area (Å²) in [6, 6.07) is 5.63. The minimum absolute atomic E-state index is 0.124. The Kier molecular flexibility index (Phi) is 5.21. The number of nitrogens with one attached hydrogen (secondary N) is 1. The van der Waals surface area contributed by atoms with E-state index in [0.29, 0.717) is 18.5 Å². The molecular weight excluding hydrogens is 317 g/mol. The normalized spacial score (nSPS) is 12.2. The van der Waals surface area contributed by atoms with Crippen LogP contribution in [0.3, 0.4) is 0 Å². The summed E-state index contributed by atoms with van der Waals surface area (Å²) in [5.74, 6) is -0.124. The van der Waals surface area contributed by atoms with Gasteiger partial charge in [0, 0.05) is 10.1 Å². The van der Waals surface area contributed by atoms with Gasteiger partial charge in [0.2, 0.25) is 0 Å². The molecule has 0 aliphatic heterocycles. The molecule has 0 bridgehead atoms. The number of amides is 1. The van der Waals surface area contributed by atoms with Crippen molar-refractivity contribution in [3.05, 3.63) is 32.9 Å². The van der Waals surface area contributed by atoms with Crippen LogP contribution in [0.15, 0.2) is 18.2 Å². The van der Waals surface area contributed by atoms with Gasteiger partial charge < -0.3 is 10.4 Å². The molecule has 0 saturated heterocycles. The lowest BCUT2D eigenvalue weighted by Crippen LogP contribution is -2.32. The molecule has 0 saturated carbocycles. The Morgan fingerprint density at radius 3 is 2.88 bits per heavy atom. The third-order valence-corrected chi connectivity index (χ3v) is 3.84. The van der Waals surface area contributed by atoms with Crippen molar-refractivity contribution >= 4 is 28.5 Å². The molecule has 2 N–H and O–H groups in total. The van der Waals surface area contributed by atoms with Crippen LogP contribution in [0.25, 0.3) is 0 Å². The van der Waals surface area contributed by atoms with E-state index in [1.165, 1.54) is 0 Å². The van der Waals surface area contributed by atoms with Crippen molar-refractivity contribution in [1.29, 1.82) is 0 Å². The van der Waals surface area contributed by atoms with Crippen LogP contribution in [0.4, 0.5) is 0 Å². The van der Waals surface area contributed by atoms with Crippen LogP contribution in [-0.4, -0.2) is 23.7 Å². The maximum atomic E-state index is 11.8. The molecule has 1 unspecified atom stereocenters. The number of benzene rings is 1. The monoisotopic (exact) mass is 333 g/mol. The largest absolute Gasteiger partial charge is 0.391 e. The molecule has 1 aromatic rings. The molecule has 0 heterocycles. The van der Waals surface area contributed by atoms with Crippen LogP contribution in [0, 0.1) is 10.5 Å². The van der Waals surface area contributed by atoms with Crippen LogP contribution in [0.5, 0.6) is 0 Å². The first-order valence-corrected chi connectivity index (χ1v) is 6.35. The number of aryl methyl sites for hydroxylation is 1. The van der Waals surface area contributed by atoms with Crippen molar-refractivity contribution in [2.45, 2.75) is 26.4 Å². The second kappa shape index (κ2) is 6.20. The maximum Gasteiger partial charge on any atom is 0.252 e. The van der Waals surface area contributed by atoms with E-state index in [-0.39, 0.29) is 5.91 Å². The number of carbonyl (C=O) groups excluding carboxylic acids is 1.